The van der Waals surface area contributed by atoms with Crippen molar-refractivity contribution in [2.75, 3.05) is 25.0 Å². The van der Waals surface area contributed by atoms with E-state index in [-0.39, 0.29) is 5.25 Å². The number of aromatic nitrogens is 3. The number of H-pyrrole nitrogens is 1. The van der Waals surface area contributed by atoms with Crippen LogP contribution in [0.4, 0.5) is 11.8 Å². The molecule has 0 amide bonds. The maximum absolute atomic E-state index is 6.24. The van der Waals surface area contributed by atoms with E-state index in [0.29, 0.717) is 23.4 Å². The second kappa shape index (κ2) is 11.2. The van der Waals surface area contributed by atoms with Crippen molar-refractivity contribution in [3.05, 3.63) is 66.8 Å². The van der Waals surface area contributed by atoms with E-state index in [0.717, 1.165) is 54.5 Å². The first-order chi connectivity index (χ1) is 16.1. The number of thioether (sulfide) groups is 1. The first-order valence-electron chi connectivity index (χ1n) is 11.4. The summed E-state index contributed by atoms with van der Waals surface area (Å²) in [6.07, 6.45) is 5.95. The van der Waals surface area contributed by atoms with E-state index in [2.05, 4.69) is 45.5 Å². The summed E-state index contributed by atoms with van der Waals surface area (Å²) in [5.74, 6) is 3.21. The number of anilines is 2. The van der Waals surface area contributed by atoms with Crippen LogP contribution < -0.4 is 20.7 Å². The van der Waals surface area contributed by atoms with Gasteiger partial charge in [-0.25, -0.2) is 9.97 Å². The standard InChI is InChI=1S/C25H32N6OS/c1-4-27-18(3)23(19-10-12-26-13-11-19)33-21-14-22(32-20-8-6-5-7-9-20)24(28-16-21)31-25-29-15-17(2)30-25/h5-9,14-16,19,23,26-27H,3-4,10-13H2,1-2H3,(H2,28,29,30,31). The fourth-order valence-electron chi connectivity index (χ4n) is 3.94. The number of rotatable bonds is 10. The molecule has 3 heterocycles. The van der Waals surface area contributed by atoms with Crippen molar-refractivity contribution in [1.29, 1.82) is 0 Å². The highest BCUT2D eigenvalue weighted by Gasteiger charge is 2.27. The fourth-order valence-corrected chi connectivity index (χ4v) is 5.21. The number of para-hydroxylation sites is 1. The Bertz CT molecular complexity index is 1050. The van der Waals surface area contributed by atoms with Crippen LogP contribution in [0.2, 0.25) is 0 Å². The zero-order valence-corrected chi connectivity index (χ0v) is 20.0. The zero-order chi connectivity index (χ0) is 23.0. The number of hydrogen-bond donors (Lipinski definition) is 4. The summed E-state index contributed by atoms with van der Waals surface area (Å²) in [6, 6.07) is 11.8. The average molecular weight is 465 g/mol. The van der Waals surface area contributed by atoms with Gasteiger partial charge in [-0.3, -0.25) is 0 Å². The number of nitrogens with zero attached hydrogens (tertiary/aromatic N) is 2. The Morgan fingerprint density at radius 2 is 2.00 bits per heavy atom. The molecule has 4 N–H and O–H groups in total. The third kappa shape index (κ3) is 6.30. The van der Waals surface area contributed by atoms with Crippen LogP contribution in [0.15, 0.2) is 66.0 Å². The Kier molecular flexibility index (Phi) is 7.91. The monoisotopic (exact) mass is 464 g/mol. The van der Waals surface area contributed by atoms with Gasteiger partial charge in [-0.05, 0) is 63.9 Å². The quantitative estimate of drug-likeness (QED) is 0.306. The van der Waals surface area contributed by atoms with Crippen LogP contribution in [0.5, 0.6) is 11.5 Å². The number of benzene rings is 1. The second-order valence-corrected chi connectivity index (χ2v) is 9.37. The van der Waals surface area contributed by atoms with E-state index in [1.54, 1.807) is 18.0 Å². The zero-order valence-electron chi connectivity index (χ0n) is 19.2. The van der Waals surface area contributed by atoms with Gasteiger partial charge in [0.2, 0.25) is 5.95 Å². The molecule has 0 saturated carbocycles. The van der Waals surface area contributed by atoms with Gasteiger partial charge in [0.25, 0.3) is 0 Å². The molecule has 1 aromatic carbocycles. The van der Waals surface area contributed by atoms with Gasteiger partial charge >= 0.3 is 0 Å². The van der Waals surface area contributed by atoms with Crippen LogP contribution in [0.25, 0.3) is 0 Å². The lowest BCUT2D eigenvalue weighted by atomic mass is 9.93. The molecule has 2 aromatic heterocycles. The van der Waals surface area contributed by atoms with Crippen LogP contribution >= 0.6 is 11.8 Å². The number of piperidine rings is 1. The van der Waals surface area contributed by atoms with E-state index in [1.165, 1.54) is 0 Å². The van der Waals surface area contributed by atoms with Crippen molar-refractivity contribution >= 4 is 23.5 Å². The lowest BCUT2D eigenvalue weighted by Crippen LogP contribution is -2.36. The minimum atomic E-state index is 0.268. The molecule has 0 spiro atoms. The summed E-state index contributed by atoms with van der Waals surface area (Å²) in [4.78, 5) is 13.3. The summed E-state index contributed by atoms with van der Waals surface area (Å²) < 4.78 is 6.24. The van der Waals surface area contributed by atoms with Gasteiger partial charge in [-0.1, -0.05) is 24.8 Å². The Morgan fingerprint density at radius 1 is 1.21 bits per heavy atom. The highest BCUT2D eigenvalue weighted by molar-refractivity contribution is 8.00. The summed E-state index contributed by atoms with van der Waals surface area (Å²) in [5.41, 5.74) is 2.05. The molecule has 1 aliphatic heterocycles. The molecule has 7 nitrogen and oxygen atoms in total. The highest BCUT2D eigenvalue weighted by atomic mass is 32.2. The van der Waals surface area contributed by atoms with E-state index < -0.39 is 0 Å². The predicted octanol–water partition coefficient (Wildman–Crippen LogP) is 5.23. The third-order valence-corrected chi connectivity index (χ3v) is 6.98. The molecule has 1 atom stereocenters. The van der Waals surface area contributed by atoms with Crippen molar-refractivity contribution in [2.45, 2.75) is 36.8 Å². The van der Waals surface area contributed by atoms with Crippen molar-refractivity contribution in [1.82, 2.24) is 25.6 Å². The maximum atomic E-state index is 6.24. The molecule has 0 aliphatic carbocycles. The normalized spacial score (nSPS) is 15.1. The van der Waals surface area contributed by atoms with E-state index in [1.807, 2.05) is 43.5 Å². The molecule has 1 aliphatic rings. The summed E-state index contributed by atoms with van der Waals surface area (Å²) in [6.45, 7) is 11.4. The van der Waals surface area contributed by atoms with Gasteiger partial charge < -0.3 is 25.7 Å². The topological polar surface area (TPSA) is 86.9 Å². The van der Waals surface area contributed by atoms with E-state index in [9.17, 15) is 0 Å². The second-order valence-electron chi connectivity index (χ2n) is 8.15. The minimum Gasteiger partial charge on any atom is -0.453 e. The maximum Gasteiger partial charge on any atom is 0.206 e. The predicted molar refractivity (Wildman–Crippen MR) is 135 cm³/mol. The van der Waals surface area contributed by atoms with Crippen LogP contribution in [0.1, 0.15) is 25.5 Å². The molecule has 1 saturated heterocycles. The Labute approximate surface area is 199 Å². The Morgan fingerprint density at radius 3 is 2.70 bits per heavy atom. The molecule has 174 valence electrons. The number of ether oxygens (including phenoxy) is 1. The third-order valence-electron chi connectivity index (χ3n) is 5.56. The number of aryl methyl sites for hydroxylation is 1. The molecule has 0 radical (unpaired) electrons. The molecule has 0 bridgehead atoms. The van der Waals surface area contributed by atoms with Crippen LogP contribution in [0, 0.1) is 12.8 Å². The molecule has 33 heavy (non-hydrogen) atoms. The fraction of sp³-hybridized carbons (Fsp3) is 0.360. The number of hydrogen-bond acceptors (Lipinski definition) is 7. The molecule has 4 rings (SSSR count). The molecule has 1 unspecified atom stereocenters. The van der Waals surface area contributed by atoms with Crippen LogP contribution in [0.3, 0.4) is 0 Å². The SMILES string of the molecule is C=C(NCC)C(Sc1cnc(Nc2ncc(C)[nH]2)c(Oc2ccccc2)c1)C1CCNCC1. The highest BCUT2D eigenvalue weighted by Crippen LogP contribution is 2.39. The number of imidazole rings is 1. The van der Waals surface area contributed by atoms with Gasteiger partial charge in [0, 0.05) is 35.2 Å². The molecule has 1 fully saturated rings. The Balaban J connectivity index is 1.61. The molecule has 8 heteroatoms. The van der Waals surface area contributed by atoms with Crippen molar-refractivity contribution in [3.8, 4) is 11.5 Å². The molecule has 3 aromatic rings. The number of nitrogens with one attached hydrogen (secondary N) is 4. The van der Waals surface area contributed by atoms with Gasteiger partial charge in [0.15, 0.2) is 11.6 Å². The summed E-state index contributed by atoms with van der Waals surface area (Å²) >= 11 is 1.80. The van der Waals surface area contributed by atoms with Crippen molar-refractivity contribution in [3.63, 3.8) is 0 Å². The lowest BCUT2D eigenvalue weighted by molar-refractivity contribution is 0.374. The summed E-state index contributed by atoms with van der Waals surface area (Å²) in [5, 5.41) is 10.4. The molecular formula is C25H32N6OS. The first-order valence-corrected chi connectivity index (χ1v) is 12.3. The Hall–Kier alpha value is -2.97. The van der Waals surface area contributed by atoms with Crippen LogP contribution in [-0.4, -0.2) is 39.8 Å². The van der Waals surface area contributed by atoms with Gasteiger partial charge in [-0.2, -0.15) is 0 Å². The number of aromatic amines is 1. The smallest absolute Gasteiger partial charge is 0.206 e. The summed E-state index contributed by atoms with van der Waals surface area (Å²) in [7, 11) is 0. The van der Waals surface area contributed by atoms with Gasteiger partial charge in [0.1, 0.15) is 5.75 Å². The van der Waals surface area contributed by atoms with Gasteiger partial charge in [0.05, 0.1) is 5.25 Å². The largest absolute Gasteiger partial charge is 0.453 e. The van der Waals surface area contributed by atoms with Crippen molar-refractivity contribution in [2.24, 2.45) is 5.92 Å². The number of pyridine rings is 1. The minimum absolute atomic E-state index is 0.268. The first kappa shape index (κ1) is 23.2. The van der Waals surface area contributed by atoms with E-state index >= 15 is 0 Å². The van der Waals surface area contributed by atoms with Crippen LogP contribution in [-0.2, 0) is 0 Å². The van der Waals surface area contributed by atoms with E-state index in [4.69, 9.17) is 9.72 Å². The average Bonchev–Trinajstić information content (AvgIpc) is 3.25. The van der Waals surface area contributed by atoms with Gasteiger partial charge in [-0.15, -0.1) is 11.8 Å². The lowest BCUT2D eigenvalue weighted by Gasteiger charge is -2.32. The van der Waals surface area contributed by atoms with Crippen molar-refractivity contribution < 1.29 is 4.74 Å². The molecular weight excluding hydrogens is 432 g/mol.